The van der Waals surface area contributed by atoms with Crippen LogP contribution in [0.2, 0.25) is 0 Å². The van der Waals surface area contributed by atoms with Gasteiger partial charge in [0.25, 0.3) is 5.91 Å². The van der Waals surface area contributed by atoms with Crippen LogP contribution in [0.3, 0.4) is 0 Å². The first-order chi connectivity index (χ1) is 13.5. The van der Waals surface area contributed by atoms with E-state index >= 15 is 0 Å². The largest absolute Gasteiger partial charge is 0.497 e. The van der Waals surface area contributed by atoms with Crippen LogP contribution in [0.4, 0.5) is 0 Å². The third-order valence-corrected chi connectivity index (χ3v) is 5.76. The third kappa shape index (κ3) is 4.48. The zero-order chi connectivity index (χ0) is 20.1. The number of thioether (sulfide) groups is 1. The van der Waals surface area contributed by atoms with Crippen molar-refractivity contribution in [2.24, 2.45) is 0 Å². The molecule has 146 valence electrons. The molecule has 0 bridgehead atoms. The van der Waals surface area contributed by atoms with Gasteiger partial charge in [0.05, 0.1) is 26.2 Å². The summed E-state index contributed by atoms with van der Waals surface area (Å²) in [4.78, 5) is 15.1. The van der Waals surface area contributed by atoms with E-state index in [1.54, 1.807) is 32.3 Å². The van der Waals surface area contributed by atoms with Crippen LogP contribution in [0.1, 0.15) is 11.1 Å². The maximum absolute atomic E-state index is 12.9. The molecule has 1 amide bonds. The molecule has 0 atom stereocenters. The lowest BCUT2D eigenvalue weighted by Crippen LogP contribution is -2.30. The van der Waals surface area contributed by atoms with Gasteiger partial charge in [-0.1, -0.05) is 36.1 Å². The van der Waals surface area contributed by atoms with Crippen LogP contribution >= 0.6 is 24.0 Å². The van der Waals surface area contributed by atoms with Crippen LogP contribution in [-0.4, -0.2) is 43.0 Å². The number of rotatable bonds is 7. The summed E-state index contributed by atoms with van der Waals surface area (Å²) in [6.07, 6.45) is 2.51. The average Bonchev–Trinajstić information content (AvgIpc) is 2.99. The summed E-state index contributed by atoms with van der Waals surface area (Å²) in [5.74, 6) is 2.09. The molecular weight excluding hydrogens is 394 g/mol. The molecule has 2 aromatic carbocycles. The molecule has 2 aromatic rings. The fourth-order valence-corrected chi connectivity index (χ4v) is 4.12. The number of carbonyl (C=O) groups excluding carboxylic acids is 1. The highest BCUT2D eigenvalue weighted by molar-refractivity contribution is 8.26. The number of ether oxygens (including phenoxy) is 3. The number of amides is 1. The fourth-order valence-electron chi connectivity index (χ4n) is 2.82. The number of thiocarbonyl (C=S) groups is 1. The van der Waals surface area contributed by atoms with Crippen LogP contribution < -0.4 is 14.2 Å². The molecule has 0 radical (unpaired) electrons. The Morgan fingerprint density at radius 2 is 1.68 bits per heavy atom. The van der Waals surface area contributed by atoms with Crippen molar-refractivity contribution in [2.45, 2.75) is 6.42 Å². The van der Waals surface area contributed by atoms with E-state index in [1.165, 1.54) is 11.8 Å². The highest BCUT2D eigenvalue weighted by Crippen LogP contribution is 2.35. The van der Waals surface area contributed by atoms with Crippen molar-refractivity contribution in [3.05, 3.63) is 58.5 Å². The minimum absolute atomic E-state index is 0.0895. The lowest BCUT2D eigenvalue weighted by atomic mass is 10.1. The van der Waals surface area contributed by atoms with E-state index in [0.29, 0.717) is 33.7 Å². The normalized spacial score (nSPS) is 15.2. The van der Waals surface area contributed by atoms with Crippen molar-refractivity contribution in [3.63, 3.8) is 0 Å². The second-order valence-corrected chi connectivity index (χ2v) is 7.72. The molecule has 28 heavy (non-hydrogen) atoms. The minimum Gasteiger partial charge on any atom is -0.497 e. The molecule has 0 spiro atoms. The zero-order valence-electron chi connectivity index (χ0n) is 15.9. The van der Waals surface area contributed by atoms with Crippen LogP contribution in [-0.2, 0) is 11.2 Å². The first-order valence-corrected chi connectivity index (χ1v) is 9.88. The lowest BCUT2D eigenvalue weighted by molar-refractivity contribution is -0.122. The number of hydrogen-bond donors (Lipinski definition) is 0. The van der Waals surface area contributed by atoms with Crippen molar-refractivity contribution in [3.8, 4) is 17.2 Å². The maximum atomic E-state index is 12.9. The molecule has 0 N–H and O–H groups in total. The number of hydrogen-bond acceptors (Lipinski definition) is 6. The Morgan fingerprint density at radius 1 is 1.00 bits per heavy atom. The molecule has 7 heteroatoms. The molecule has 1 aliphatic heterocycles. The summed E-state index contributed by atoms with van der Waals surface area (Å²) in [6.45, 7) is 0.531. The Bertz CT molecular complexity index is 909. The van der Waals surface area contributed by atoms with E-state index in [9.17, 15) is 4.79 Å². The SMILES string of the molecule is COc1ccc(CCN2C(=O)C(=Cc3cc(OC)ccc3OC)SC2=S)cc1. The number of nitrogens with zero attached hydrogens (tertiary/aromatic N) is 1. The van der Waals surface area contributed by atoms with Gasteiger partial charge in [-0.05, 0) is 48.4 Å². The van der Waals surface area contributed by atoms with Gasteiger partial charge < -0.3 is 14.2 Å². The molecule has 5 nitrogen and oxygen atoms in total. The zero-order valence-corrected chi connectivity index (χ0v) is 17.6. The molecule has 0 aliphatic carbocycles. The van der Waals surface area contributed by atoms with E-state index < -0.39 is 0 Å². The Morgan fingerprint density at radius 3 is 2.32 bits per heavy atom. The monoisotopic (exact) mass is 415 g/mol. The van der Waals surface area contributed by atoms with Crippen molar-refractivity contribution >= 4 is 40.3 Å². The van der Waals surface area contributed by atoms with Crippen molar-refractivity contribution in [1.29, 1.82) is 0 Å². The first kappa shape index (κ1) is 20.2. The van der Waals surface area contributed by atoms with Crippen molar-refractivity contribution in [2.75, 3.05) is 27.9 Å². The summed E-state index contributed by atoms with van der Waals surface area (Å²) in [6, 6.07) is 13.3. The first-order valence-electron chi connectivity index (χ1n) is 8.66. The second-order valence-electron chi connectivity index (χ2n) is 6.04. The topological polar surface area (TPSA) is 48.0 Å². The van der Waals surface area contributed by atoms with E-state index in [1.807, 2.05) is 42.5 Å². The molecule has 0 aromatic heterocycles. The highest BCUT2D eigenvalue weighted by atomic mass is 32.2. The molecule has 0 saturated carbocycles. The third-order valence-electron chi connectivity index (χ3n) is 4.38. The van der Waals surface area contributed by atoms with Crippen molar-refractivity contribution < 1.29 is 19.0 Å². The summed E-state index contributed by atoms with van der Waals surface area (Å²) in [5, 5.41) is 0. The van der Waals surface area contributed by atoms with Gasteiger partial charge in [0.2, 0.25) is 0 Å². The molecule has 1 saturated heterocycles. The molecule has 1 aliphatic rings. The van der Waals surface area contributed by atoms with Crippen LogP contribution in [0.15, 0.2) is 47.4 Å². The lowest BCUT2D eigenvalue weighted by Gasteiger charge is -2.14. The predicted octanol–water partition coefficient (Wildman–Crippen LogP) is 4.16. The summed E-state index contributed by atoms with van der Waals surface area (Å²) in [7, 11) is 4.84. The van der Waals surface area contributed by atoms with Crippen LogP contribution in [0.25, 0.3) is 6.08 Å². The van der Waals surface area contributed by atoms with E-state index in [2.05, 4.69) is 0 Å². The standard InChI is InChI=1S/C21H21NO4S2/c1-24-16-6-4-14(5-7-16)10-11-22-20(23)19(28-21(22)27)13-15-12-17(25-2)8-9-18(15)26-3/h4-9,12-13H,10-11H2,1-3H3. The average molecular weight is 416 g/mol. The molecule has 1 heterocycles. The predicted molar refractivity (Wildman–Crippen MR) is 116 cm³/mol. The minimum atomic E-state index is -0.0895. The molecule has 3 rings (SSSR count). The van der Waals surface area contributed by atoms with E-state index in [0.717, 1.165) is 16.9 Å². The van der Waals surface area contributed by atoms with Crippen LogP contribution in [0, 0.1) is 0 Å². The van der Waals surface area contributed by atoms with Gasteiger partial charge >= 0.3 is 0 Å². The number of methoxy groups -OCH3 is 3. The summed E-state index contributed by atoms with van der Waals surface area (Å²) >= 11 is 6.73. The molecular formula is C21H21NO4S2. The fraction of sp³-hybridized carbons (Fsp3) is 0.238. The smallest absolute Gasteiger partial charge is 0.266 e. The molecule has 1 fully saturated rings. The van der Waals surface area contributed by atoms with Crippen molar-refractivity contribution in [1.82, 2.24) is 4.90 Å². The van der Waals surface area contributed by atoms with Gasteiger partial charge in [-0.3, -0.25) is 9.69 Å². The summed E-state index contributed by atoms with van der Waals surface area (Å²) in [5.41, 5.74) is 1.89. The Balaban J connectivity index is 1.75. The van der Waals surface area contributed by atoms with Gasteiger partial charge in [0.1, 0.15) is 21.6 Å². The number of benzene rings is 2. The second kappa shape index (κ2) is 9.12. The van der Waals surface area contributed by atoms with Gasteiger partial charge in [-0.25, -0.2) is 0 Å². The Hall–Kier alpha value is -2.51. The van der Waals surface area contributed by atoms with E-state index in [4.69, 9.17) is 26.4 Å². The summed E-state index contributed by atoms with van der Waals surface area (Å²) < 4.78 is 16.4. The van der Waals surface area contributed by atoms with Gasteiger partial charge in [0.15, 0.2) is 0 Å². The molecule has 0 unspecified atom stereocenters. The highest BCUT2D eigenvalue weighted by Gasteiger charge is 2.31. The maximum Gasteiger partial charge on any atom is 0.266 e. The van der Waals surface area contributed by atoms with E-state index in [-0.39, 0.29) is 5.91 Å². The van der Waals surface area contributed by atoms with Gasteiger partial charge in [-0.15, -0.1) is 0 Å². The Kier molecular flexibility index (Phi) is 6.59. The van der Waals surface area contributed by atoms with Gasteiger partial charge in [0, 0.05) is 12.1 Å². The number of carbonyl (C=O) groups is 1. The Labute approximate surface area is 174 Å². The van der Waals surface area contributed by atoms with Crippen LogP contribution in [0.5, 0.6) is 17.2 Å². The quantitative estimate of drug-likeness (QED) is 0.500. The van der Waals surface area contributed by atoms with Gasteiger partial charge in [-0.2, -0.15) is 0 Å².